The Kier molecular flexibility index (Phi) is 4.44. The minimum absolute atomic E-state index is 0.275. The molecule has 20 heavy (non-hydrogen) atoms. The van der Waals surface area contributed by atoms with Gasteiger partial charge in [-0.3, -0.25) is 4.79 Å². The van der Waals surface area contributed by atoms with Crippen molar-refractivity contribution in [1.29, 1.82) is 0 Å². The van der Waals surface area contributed by atoms with Crippen LogP contribution in [-0.2, 0) is 11.4 Å². The van der Waals surface area contributed by atoms with Crippen molar-refractivity contribution in [2.24, 2.45) is 10.9 Å². The molecule has 0 aliphatic carbocycles. The van der Waals surface area contributed by atoms with Gasteiger partial charge in [-0.05, 0) is 35.4 Å². The summed E-state index contributed by atoms with van der Waals surface area (Å²) in [5, 5.41) is 3.79. The summed E-state index contributed by atoms with van der Waals surface area (Å²) < 4.78 is 12.7. The van der Waals surface area contributed by atoms with E-state index in [4.69, 9.17) is 10.6 Å². The maximum atomic E-state index is 12.7. The Balaban J connectivity index is 1.86. The van der Waals surface area contributed by atoms with Crippen molar-refractivity contribution < 1.29 is 14.0 Å². The van der Waals surface area contributed by atoms with Gasteiger partial charge in [-0.1, -0.05) is 29.4 Å². The van der Waals surface area contributed by atoms with Gasteiger partial charge >= 0.3 is 0 Å². The lowest BCUT2D eigenvalue weighted by molar-refractivity contribution is 0.1000. The number of nitrogens with zero attached hydrogens (tertiary/aromatic N) is 1. The zero-order valence-corrected chi connectivity index (χ0v) is 10.6. The fourth-order valence-corrected chi connectivity index (χ4v) is 1.52. The molecule has 1 amide bonds. The minimum Gasteiger partial charge on any atom is -0.391 e. The number of hydrogen-bond donors (Lipinski definition) is 1. The number of rotatable bonds is 5. The zero-order chi connectivity index (χ0) is 14.4. The third-order valence-corrected chi connectivity index (χ3v) is 2.62. The van der Waals surface area contributed by atoms with Gasteiger partial charge in [0.05, 0.1) is 6.21 Å². The second kappa shape index (κ2) is 6.47. The van der Waals surface area contributed by atoms with Crippen LogP contribution in [0.4, 0.5) is 4.39 Å². The average Bonchev–Trinajstić information content (AvgIpc) is 2.46. The molecule has 5 heteroatoms. The van der Waals surface area contributed by atoms with Gasteiger partial charge in [-0.2, -0.15) is 0 Å². The summed E-state index contributed by atoms with van der Waals surface area (Å²) >= 11 is 0. The average molecular weight is 272 g/mol. The van der Waals surface area contributed by atoms with Crippen LogP contribution in [-0.4, -0.2) is 12.1 Å². The highest BCUT2D eigenvalue weighted by atomic mass is 19.1. The van der Waals surface area contributed by atoms with Gasteiger partial charge in [0.25, 0.3) is 0 Å². The van der Waals surface area contributed by atoms with Crippen molar-refractivity contribution in [2.75, 3.05) is 0 Å². The molecule has 0 radical (unpaired) electrons. The summed E-state index contributed by atoms with van der Waals surface area (Å²) in [4.78, 5) is 16.0. The van der Waals surface area contributed by atoms with Crippen LogP contribution in [0.5, 0.6) is 0 Å². The number of nitrogens with two attached hydrogens (primary N) is 1. The highest BCUT2D eigenvalue weighted by molar-refractivity contribution is 5.92. The van der Waals surface area contributed by atoms with Crippen LogP contribution < -0.4 is 5.73 Å². The van der Waals surface area contributed by atoms with Crippen LogP contribution >= 0.6 is 0 Å². The molecule has 0 aliphatic heterocycles. The van der Waals surface area contributed by atoms with E-state index in [2.05, 4.69) is 5.16 Å². The molecule has 0 aliphatic rings. The molecule has 2 rings (SSSR count). The lowest BCUT2D eigenvalue weighted by Crippen LogP contribution is -2.10. The van der Waals surface area contributed by atoms with E-state index in [1.54, 1.807) is 36.4 Å². The first-order valence-corrected chi connectivity index (χ1v) is 5.95. The topological polar surface area (TPSA) is 64.7 Å². The number of carbonyl (C=O) groups is 1. The van der Waals surface area contributed by atoms with E-state index in [1.165, 1.54) is 18.3 Å². The third kappa shape index (κ3) is 3.91. The first-order valence-electron chi connectivity index (χ1n) is 5.95. The summed E-state index contributed by atoms with van der Waals surface area (Å²) in [6, 6.07) is 12.7. The number of halogens is 1. The van der Waals surface area contributed by atoms with Gasteiger partial charge in [0, 0.05) is 5.56 Å². The summed E-state index contributed by atoms with van der Waals surface area (Å²) in [7, 11) is 0. The van der Waals surface area contributed by atoms with E-state index in [0.29, 0.717) is 5.56 Å². The number of oxime groups is 1. The van der Waals surface area contributed by atoms with Gasteiger partial charge < -0.3 is 10.6 Å². The zero-order valence-electron chi connectivity index (χ0n) is 10.6. The molecule has 2 aromatic carbocycles. The van der Waals surface area contributed by atoms with Crippen LogP contribution in [0.15, 0.2) is 53.7 Å². The molecule has 2 N–H and O–H groups in total. The van der Waals surface area contributed by atoms with Crippen molar-refractivity contribution >= 4 is 12.1 Å². The van der Waals surface area contributed by atoms with E-state index in [-0.39, 0.29) is 12.4 Å². The van der Waals surface area contributed by atoms with Crippen molar-refractivity contribution in [2.45, 2.75) is 6.61 Å². The van der Waals surface area contributed by atoms with E-state index in [1.807, 2.05) is 0 Å². The monoisotopic (exact) mass is 272 g/mol. The largest absolute Gasteiger partial charge is 0.391 e. The molecule has 0 saturated heterocycles. The van der Waals surface area contributed by atoms with Crippen molar-refractivity contribution in [3.8, 4) is 0 Å². The smallest absolute Gasteiger partial charge is 0.248 e. The van der Waals surface area contributed by atoms with Crippen LogP contribution in [0.2, 0.25) is 0 Å². The molecule has 4 nitrogen and oxygen atoms in total. The molecular weight excluding hydrogens is 259 g/mol. The van der Waals surface area contributed by atoms with E-state index < -0.39 is 5.91 Å². The molecule has 0 unspecified atom stereocenters. The Hall–Kier alpha value is -2.69. The van der Waals surface area contributed by atoms with Crippen LogP contribution in [0.25, 0.3) is 0 Å². The summed E-state index contributed by atoms with van der Waals surface area (Å²) in [5.41, 5.74) is 7.20. The third-order valence-electron chi connectivity index (χ3n) is 2.62. The second-order valence-electron chi connectivity index (χ2n) is 4.12. The van der Waals surface area contributed by atoms with Gasteiger partial charge in [-0.15, -0.1) is 0 Å². The van der Waals surface area contributed by atoms with Crippen LogP contribution in [0.1, 0.15) is 21.5 Å². The normalized spacial score (nSPS) is 10.7. The molecule has 0 saturated carbocycles. The van der Waals surface area contributed by atoms with Crippen LogP contribution in [0, 0.1) is 5.82 Å². The van der Waals surface area contributed by atoms with Crippen molar-refractivity contribution in [1.82, 2.24) is 0 Å². The summed E-state index contributed by atoms with van der Waals surface area (Å²) in [6.45, 7) is 0.275. The number of hydrogen-bond acceptors (Lipinski definition) is 3. The number of amides is 1. The lowest BCUT2D eigenvalue weighted by atomic mass is 10.1. The molecule has 0 bridgehead atoms. The van der Waals surface area contributed by atoms with Crippen molar-refractivity contribution in [3.05, 3.63) is 71.0 Å². The minimum atomic E-state index is -0.466. The SMILES string of the molecule is NC(=O)c1ccc(CO/N=C/c2ccc(F)cc2)cc1. The van der Waals surface area contributed by atoms with E-state index in [0.717, 1.165) is 11.1 Å². The predicted molar refractivity (Wildman–Crippen MR) is 73.7 cm³/mol. The molecule has 0 heterocycles. The van der Waals surface area contributed by atoms with Gasteiger partial charge in [0.15, 0.2) is 0 Å². The van der Waals surface area contributed by atoms with Crippen molar-refractivity contribution in [3.63, 3.8) is 0 Å². The molecule has 2 aromatic rings. The summed E-state index contributed by atoms with van der Waals surface area (Å²) in [6.07, 6.45) is 1.50. The quantitative estimate of drug-likeness (QED) is 0.671. The van der Waals surface area contributed by atoms with Crippen LogP contribution in [0.3, 0.4) is 0 Å². The number of benzene rings is 2. The highest BCUT2D eigenvalue weighted by Crippen LogP contribution is 2.06. The molecule has 0 fully saturated rings. The Morgan fingerprint density at radius 1 is 1.15 bits per heavy atom. The lowest BCUT2D eigenvalue weighted by Gasteiger charge is -2.01. The van der Waals surface area contributed by atoms with Gasteiger partial charge in [0.1, 0.15) is 12.4 Å². The Bertz CT molecular complexity index is 607. The fourth-order valence-electron chi connectivity index (χ4n) is 1.52. The summed E-state index contributed by atoms with van der Waals surface area (Å²) in [5.74, 6) is -0.760. The Morgan fingerprint density at radius 3 is 2.40 bits per heavy atom. The number of carbonyl (C=O) groups excluding carboxylic acids is 1. The first-order chi connectivity index (χ1) is 9.65. The molecule has 0 atom stereocenters. The Morgan fingerprint density at radius 2 is 1.80 bits per heavy atom. The molecule has 0 aromatic heterocycles. The van der Waals surface area contributed by atoms with Gasteiger partial charge in [0.2, 0.25) is 5.91 Å². The van der Waals surface area contributed by atoms with E-state index in [9.17, 15) is 9.18 Å². The van der Waals surface area contributed by atoms with Gasteiger partial charge in [-0.25, -0.2) is 4.39 Å². The first kappa shape index (κ1) is 13.7. The maximum absolute atomic E-state index is 12.7. The van der Waals surface area contributed by atoms with E-state index >= 15 is 0 Å². The highest BCUT2D eigenvalue weighted by Gasteiger charge is 1.99. The number of primary amides is 1. The Labute approximate surface area is 115 Å². The maximum Gasteiger partial charge on any atom is 0.248 e. The molecule has 102 valence electrons. The second-order valence-corrected chi connectivity index (χ2v) is 4.12. The fraction of sp³-hybridized carbons (Fsp3) is 0.0667. The molecule has 0 spiro atoms. The molecular formula is C15H13FN2O2. The standard InChI is InChI=1S/C15H13FN2O2/c16-14-7-3-11(4-8-14)9-18-20-10-12-1-5-13(6-2-12)15(17)19/h1-9H,10H2,(H2,17,19)/b18-9+. The predicted octanol–water partition coefficient (Wildman–Crippen LogP) is 2.48.